The van der Waals surface area contributed by atoms with Gasteiger partial charge in [-0.3, -0.25) is 0 Å². The first-order chi connectivity index (χ1) is 10.3. The van der Waals surface area contributed by atoms with Crippen LogP contribution in [0.5, 0.6) is 0 Å². The van der Waals surface area contributed by atoms with E-state index in [1.54, 1.807) is 18.5 Å². The number of benzene rings is 1. The van der Waals surface area contributed by atoms with Gasteiger partial charge in [0.1, 0.15) is 5.82 Å². The molecule has 3 aromatic rings. The maximum absolute atomic E-state index is 5.53. The van der Waals surface area contributed by atoms with E-state index in [4.69, 9.17) is 5.73 Å². The van der Waals surface area contributed by atoms with Crippen molar-refractivity contribution in [3.8, 4) is 11.1 Å². The van der Waals surface area contributed by atoms with Crippen molar-refractivity contribution in [1.82, 2.24) is 19.9 Å². The van der Waals surface area contributed by atoms with Crippen LogP contribution in [0.15, 0.2) is 65.2 Å². The van der Waals surface area contributed by atoms with Crippen molar-refractivity contribution in [3.05, 3.63) is 55.0 Å². The van der Waals surface area contributed by atoms with E-state index in [1.807, 2.05) is 30.3 Å². The smallest absolute Gasteiger partial charge is 0.270 e. The van der Waals surface area contributed by atoms with E-state index in [1.165, 1.54) is 6.20 Å². The minimum absolute atomic E-state index is 0.172. The Morgan fingerprint density at radius 1 is 0.762 bits per heavy atom. The number of hydrogen-bond acceptors (Lipinski definition) is 7. The van der Waals surface area contributed by atoms with Crippen LogP contribution >= 0.6 is 0 Å². The van der Waals surface area contributed by atoms with Gasteiger partial charge in [-0.05, 0) is 11.6 Å². The summed E-state index contributed by atoms with van der Waals surface area (Å²) >= 11 is 0. The summed E-state index contributed by atoms with van der Waals surface area (Å²) in [6, 6.07) is 11.4. The molecule has 0 radical (unpaired) electrons. The van der Waals surface area contributed by atoms with Gasteiger partial charge >= 0.3 is 0 Å². The van der Waals surface area contributed by atoms with Crippen molar-refractivity contribution in [2.24, 2.45) is 10.2 Å². The van der Waals surface area contributed by atoms with Crippen LogP contribution in [0.3, 0.4) is 0 Å². The monoisotopic (exact) mass is 277 g/mol. The third kappa shape index (κ3) is 3.21. The van der Waals surface area contributed by atoms with Crippen molar-refractivity contribution >= 4 is 17.7 Å². The van der Waals surface area contributed by atoms with Crippen molar-refractivity contribution in [2.75, 3.05) is 5.73 Å². The van der Waals surface area contributed by atoms with Gasteiger partial charge in [0.05, 0.1) is 0 Å². The third-order valence-electron chi connectivity index (χ3n) is 2.64. The first-order valence-corrected chi connectivity index (χ1v) is 6.19. The van der Waals surface area contributed by atoms with Gasteiger partial charge in [-0.1, -0.05) is 30.3 Å². The molecule has 0 saturated heterocycles. The maximum Gasteiger partial charge on any atom is 0.270 e. The molecule has 2 heterocycles. The molecule has 0 amide bonds. The number of hydrogen-bond donors (Lipinski definition) is 1. The number of nitrogen functional groups attached to an aromatic ring is 1. The van der Waals surface area contributed by atoms with Gasteiger partial charge in [0, 0.05) is 24.2 Å². The van der Waals surface area contributed by atoms with Gasteiger partial charge in [0.2, 0.25) is 0 Å². The SMILES string of the molecule is Nc1ccnc(N=Nc2ncc(-c3ccccc3)cn2)n1. The summed E-state index contributed by atoms with van der Waals surface area (Å²) in [5.41, 5.74) is 7.48. The summed E-state index contributed by atoms with van der Waals surface area (Å²) in [4.78, 5) is 16.1. The Hall–Kier alpha value is -3.22. The van der Waals surface area contributed by atoms with Gasteiger partial charge in [0.15, 0.2) is 0 Å². The predicted octanol–water partition coefficient (Wildman–Crippen LogP) is 2.93. The summed E-state index contributed by atoms with van der Waals surface area (Å²) in [5, 5.41) is 7.71. The first-order valence-electron chi connectivity index (χ1n) is 6.19. The van der Waals surface area contributed by atoms with Crippen LogP contribution in [0.1, 0.15) is 0 Å². The molecule has 21 heavy (non-hydrogen) atoms. The summed E-state index contributed by atoms with van der Waals surface area (Å²) in [7, 11) is 0. The Morgan fingerprint density at radius 2 is 1.48 bits per heavy atom. The first kappa shape index (κ1) is 12.8. The van der Waals surface area contributed by atoms with Crippen molar-refractivity contribution in [1.29, 1.82) is 0 Å². The molecule has 0 aliphatic heterocycles. The van der Waals surface area contributed by atoms with Gasteiger partial charge < -0.3 is 5.73 Å². The van der Waals surface area contributed by atoms with E-state index in [0.717, 1.165) is 11.1 Å². The van der Waals surface area contributed by atoms with Gasteiger partial charge in [-0.2, -0.15) is 4.98 Å². The highest BCUT2D eigenvalue weighted by molar-refractivity contribution is 5.61. The van der Waals surface area contributed by atoms with E-state index in [-0.39, 0.29) is 11.9 Å². The highest BCUT2D eigenvalue weighted by Gasteiger charge is 2.00. The number of aromatic nitrogens is 4. The second kappa shape index (κ2) is 5.83. The molecule has 0 bridgehead atoms. The molecule has 7 heteroatoms. The number of nitrogens with two attached hydrogens (primary N) is 1. The van der Waals surface area contributed by atoms with Gasteiger partial charge in [-0.15, -0.1) is 10.2 Å². The molecule has 0 unspecified atom stereocenters. The lowest BCUT2D eigenvalue weighted by Gasteiger charge is -1.99. The van der Waals surface area contributed by atoms with E-state index >= 15 is 0 Å². The highest BCUT2D eigenvalue weighted by Crippen LogP contribution is 2.18. The number of azo groups is 1. The molecule has 3 rings (SSSR count). The molecule has 1 aromatic carbocycles. The average molecular weight is 277 g/mol. The summed E-state index contributed by atoms with van der Waals surface area (Å²) < 4.78 is 0. The zero-order valence-corrected chi connectivity index (χ0v) is 11.0. The summed E-state index contributed by atoms with van der Waals surface area (Å²) in [6.07, 6.45) is 4.89. The Bertz CT molecular complexity index is 754. The average Bonchev–Trinajstić information content (AvgIpc) is 2.54. The third-order valence-corrected chi connectivity index (χ3v) is 2.64. The van der Waals surface area contributed by atoms with Gasteiger partial charge in [0.25, 0.3) is 11.9 Å². The van der Waals surface area contributed by atoms with Crippen LogP contribution in [0.2, 0.25) is 0 Å². The van der Waals surface area contributed by atoms with Crippen LogP contribution in [-0.2, 0) is 0 Å². The zero-order chi connectivity index (χ0) is 14.5. The van der Waals surface area contributed by atoms with E-state index < -0.39 is 0 Å². The van der Waals surface area contributed by atoms with E-state index in [9.17, 15) is 0 Å². The predicted molar refractivity (Wildman–Crippen MR) is 78.1 cm³/mol. The normalized spacial score (nSPS) is 10.9. The fraction of sp³-hybridized carbons (Fsp3) is 0. The fourth-order valence-corrected chi connectivity index (χ4v) is 1.65. The Labute approximate surface area is 120 Å². The minimum atomic E-state index is 0.172. The van der Waals surface area contributed by atoms with E-state index in [2.05, 4.69) is 30.2 Å². The molecule has 0 atom stereocenters. The van der Waals surface area contributed by atoms with Gasteiger partial charge in [-0.25, -0.2) is 15.0 Å². The number of rotatable bonds is 3. The molecule has 2 N–H and O–H groups in total. The van der Waals surface area contributed by atoms with Crippen molar-refractivity contribution in [2.45, 2.75) is 0 Å². The van der Waals surface area contributed by atoms with Crippen LogP contribution < -0.4 is 5.73 Å². The molecule has 102 valence electrons. The van der Waals surface area contributed by atoms with Crippen LogP contribution in [0, 0.1) is 0 Å². The molecule has 0 aliphatic rings. The molecule has 0 fully saturated rings. The number of nitrogens with zero attached hydrogens (tertiary/aromatic N) is 6. The molecule has 7 nitrogen and oxygen atoms in total. The minimum Gasteiger partial charge on any atom is -0.384 e. The highest BCUT2D eigenvalue weighted by atomic mass is 15.3. The maximum atomic E-state index is 5.53. The molecular weight excluding hydrogens is 266 g/mol. The lowest BCUT2D eigenvalue weighted by atomic mass is 10.1. The van der Waals surface area contributed by atoms with Crippen LogP contribution in [0.4, 0.5) is 17.7 Å². The molecule has 0 aliphatic carbocycles. The Morgan fingerprint density at radius 3 is 2.19 bits per heavy atom. The lowest BCUT2D eigenvalue weighted by Crippen LogP contribution is -1.89. The molecule has 0 saturated carbocycles. The second-order valence-corrected chi connectivity index (χ2v) is 4.12. The number of anilines is 1. The molecule has 2 aromatic heterocycles. The van der Waals surface area contributed by atoms with Crippen molar-refractivity contribution in [3.63, 3.8) is 0 Å². The van der Waals surface area contributed by atoms with Crippen LogP contribution in [0.25, 0.3) is 11.1 Å². The molecule has 0 spiro atoms. The largest absolute Gasteiger partial charge is 0.384 e. The quantitative estimate of drug-likeness (QED) is 0.741. The summed E-state index contributed by atoms with van der Waals surface area (Å²) in [5.74, 6) is 0.741. The van der Waals surface area contributed by atoms with Crippen LogP contribution in [-0.4, -0.2) is 19.9 Å². The zero-order valence-electron chi connectivity index (χ0n) is 11.0. The second-order valence-electron chi connectivity index (χ2n) is 4.12. The Balaban J connectivity index is 1.79. The Kier molecular flexibility index (Phi) is 3.55. The van der Waals surface area contributed by atoms with E-state index in [0.29, 0.717) is 5.82 Å². The topological polar surface area (TPSA) is 102 Å². The fourth-order valence-electron chi connectivity index (χ4n) is 1.65. The lowest BCUT2D eigenvalue weighted by molar-refractivity contribution is 1.02. The standard InChI is InChI=1S/C14H11N7/c15-12-6-7-16-14(19-12)21-20-13-17-8-11(9-18-13)10-4-2-1-3-5-10/h1-9H,(H2,15,16,19). The van der Waals surface area contributed by atoms with Crippen molar-refractivity contribution < 1.29 is 0 Å². The summed E-state index contributed by atoms with van der Waals surface area (Å²) in [6.45, 7) is 0. The molecular formula is C14H11N7.